The van der Waals surface area contributed by atoms with Crippen LogP contribution in [0.5, 0.6) is 0 Å². The van der Waals surface area contributed by atoms with Gasteiger partial charge in [-0.15, -0.1) is 0 Å². The highest BCUT2D eigenvalue weighted by molar-refractivity contribution is 4.64. The average Bonchev–Trinajstić information content (AvgIpc) is 2.76. The van der Waals surface area contributed by atoms with Crippen LogP contribution in [0.25, 0.3) is 0 Å². The molecule has 0 aromatic rings. The Balaban J connectivity index is 4.17. The lowest BCUT2D eigenvalue weighted by Crippen LogP contribution is -2.30. The molecule has 0 atom stereocenters. The van der Waals surface area contributed by atoms with Gasteiger partial charge >= 0.3 is 0 Å². The maximum atomic E-state index is 5.65. The van der Waals surface area contributed by atoms with Crippen molar-refractivity contribution < 1.29 is 0 Å². The zero-order valence-corrected chi connectivity index (χ0v) is 20.2. The van der Waals surface area contributed by atoms with E-state index in [4.69, 9.17) is 22.9 Å². The molecule has 0 aliphatic heterocycles. The van der Waals surface area contributed by atoms with Crippen LogP contribution in [0.4, 0.5) is 0 Å². The van der Waals surface area contributed by atoms with Crippen LogP contribution in [-0.4, -0.2) is 75.2 Å². The highest BCUT2D eigenvalue weighted by Crippen LogP contribution is 2.07. The van der Waals surface area contributed by atoms with Crippen LogP contribution in [0, 0.1) is 0 Å². The smallest absolute Gasteiger partial charge is 0.00183 e. The van der Waals surface area contributed by atoms with Crippen LogP contribution < -0.4 is 22.9 Å². The molecule has 0 aliphatic carbocycles. The van der Waals surface area contributed by atoms with Crippen LogP contribution in [0.2, 0.25) is 0 Å². The van der Waals surface area contributed by atoms with Crippen LogP contribution in [0.3, 0.4) is 0 Å². The Kier molecular flexibility index (Phi) is 24.8. The lowest BCUT2D eigenvalue weighted by Gasteiger charge is -2.25. The normalized spacial score (nSPS) is 11.8. The zero-order chi connectivity index (χ0) is 22.1. The Morgan fingerprint density at radius 3 is 0.667 bits per heavy atom. The van der Waals surface area contributed by atoms with Crippen LogP contribution in [-0.2, 0) is 0 Å². The second-order valence-corrected chi connectivity index (χ2v) is 8.79. The predicted molar refractivity (Wildman–Crippen MR) is 134 cm³/mol. The second-order valence-electron chi connectivity index (χ2n) is 8.79. The second kappa shape index (κ2) is 25.0. The summed E-state index contributed by atoms with van der Waals surface area (Å²) in [6.45, 7) is 10.7. The molecule has 0 radical (unpaired) electrons. The van der Waals surface area contributed by atoms with Crippen molar-refractivity contribution in [1.82, 2.24) is 9.80 Å². The van der Waals surface area contributed by atoms with Gasteiger partial charge in [0, 0.05) is 0 Å². The van der Waals surface area contributed by atoms with Crippen molar-refractivity contribution in [3.05, 3.63) is 0 Å². The molecule has 0 spiro atoms. The van der Waals surface area contributed by atoms with Gasteiger partial charge in [-0.25, -0.2) is 0 Å². The monoisotopic (exact) mass is 428 g/mol. The van der Waals surface area contributed by atoms with Gasteiger partial charge in [-0.1, -0.05) is 25.7 Å². The quantitative estimate of drug-likeness (QED) is 0.166. The number of nitrogens with zero attached hydrogens (tertiary/aromatic N) is 2. The van der Waals surface area contributed by atoms with E-state index >= 15 is 0 Å². The van der Waals surface area contributed by atoms with Gasteiger partial charge in [0.05, 0.1) is 0 Å². The van der Waals surface area contributed by atoms with E-state index in [2.05, 4.69) is 9.80 Å². The maximum Gasteiger partial charge on any atom is -0.00183 e. The lowest BCUT2D eigenvalue weighted by molar-refractivity contribution is 0.230. The molecule has 6 nitrogen and oxygen atoms in total. The molecule has 0 saturated heterocycles. The topological polar surface area (TPSA) is 111 Å². The van der Waals surface area contributed by atoms with E-state index in [1.54, 1.807) is 0 Å². The first kappa shape index (κ1) is 29.8. The molecule has 0 heterocycles. The molecule has 0 aromatic carbocycles. The van der Waals surface area contributed by atoms with Gasteiger partial charge in [-0.2, -0.15) is 0 Å². The molecule has 0 fully saturated rings. The molecule has 0 unspecified atom stereocenters. The van der Waals surface area contributed by atoms with Gasteiger partial charge in [0.25, 0.3) is 0 Å². The highest BCUT2D eigenvalue weighted by atomic mass is 15.1. The SMILES string of the molecule is NCCCCCN(CCCCCN)CCCCN(CCCCCN)CCCCCN. The molecule has 0 saturated carbocycles. The Morgan fingerprint density at radius 2 is 0.467 bits per heavy atom. The van der Waals surface area contributed by atoms with E-state index in [0.717, 1.165) is 51.9 Å². The first-order chi connectivity index (χ1) is 14.8. The third kappa shape index (κ3) is 21.0. The van der Waals surface area contributed by atoms with E-state index < -0.39 is 0 Å². The Labute approximate surface area is 188 Å². The minimum atomic E-state index is 0.822. The molecule has 0 aliphatic rings. The number of hydrogen-bond donors (Lipinski definition) is 4. The minimum Gasteiger partial charge on any atom is -0.330 e. The van der Waals surface area contributed by atoms with Crippen molar-refractivity contribution in [3.63, 3.8) is 0 Å². The first-order valence-electron chi connectivity index (χ1n) is 13.0. The van der Waals surface area contributed by atoms with Gasteiger partial charge in [-0.3, -0.25) is 0 Å². The molecular formula is C24H56N6. The molecule has 8 N–H and O–H groups in total. The van der Waals surface area contributed by atoms with E-state index in [0.29, 0.717) is 0 Å². The summed E-state index contributed by atoms with van der Waals surface area (Å²) >= 11 is 0. The van der Waals surface area contributed by atoms with Gasteiger partial charge in [0.2, 0.25) is 0 Å². The average molecular weight is 429 g/mol. The van der Waals surface area contributed by atoms with Crippen molar-refractivity contribution in [2.75, 3.05) is 65.4 Å². The lowest BCUT2D eigenvalue weighted by atomic mass is 10.1. The Morgan fingerprint density at radius 1 is 0.267 bits per heavy atom. The van der Waals surface area contributed by atoms with Crippen LogP contribution >= 0.6 is 0 Å². The molecule has 6 heteroatoms. The van der Waals surface area contributed by atoms with Gasteiger partial charge in [0.1, 0.15) is 0 Å². The Hall–Kier alpha value is -0.240. The predicted octanol–water partition coefficient (Wildman–Crippen LogP) is 2.89. The van der Waals surface area contributed by atoms with Crippen molar-refractivity contribution in [3.8, 4) is 0 Å². The summed E-state index contributed by atoms with van der Waals surface area (Å²) < 4.78 is 0. The first-order valence-corrected chi connectivity index (χ1v) is 13.0. The number of hydrogen-bond acceptors (Lipinski definition) is 6. The zero-order valence-electron chi connectivity index (χ0n) is 20.2. The Bertz CT molecular complexity index is 262. The molecule has 182 valence electrons. The van der Waals surface area contributed by atoms with E-state index in [-0.39, 0.29) is 0 Å². The van der Waals surface area contributed by atoms with Crippen molar-refractivity contribution in [1.29, 1.82) is 0 Å². The van der Waals surface area contributed by atoms with Crippen molar-refractivity contribution in [2.24, 2.45) is 22.9 Å². The molecule has 0 bridgehead atoms. The maximum absolute atomic E-state index is 5.65. The van der Waals surface area contributed by atoms with Crippen LogP contribution in [0.15, 0.2) is 0 Å². The summed E-state index contributed by atoms with van der Waals surface area (Å²) in [6.07, 6.45) is 17.4. The van der Waals surface area contributed by atoms with Gasteiger partial charge in [0.15, 0.2) is 0 Å². The van der Waals surface area contributed by atoms with E-state index in [1.807, 2.05) is 0 Å². The third-order valence-electron chi connectivity index (χ3n) is 5.91. The van der Waals surface area contributed by atoms with E-state index in [9.17, 15) is 0 Å². The van der Waals surface area contributed by atoms with Gasteiger partial charge in [-0.05, 0) is 130 Å². The van der Waals surface area contributed by atoms with Crippen molar-refractivity contribution >= 4 is 0 Å². The fourth-order valence-electron chi connectivity index (χ4n) is 3.97. The molecule has 0 rings (SSSR count). The molecule has 0 aromatic heterocycles. The summed E-state index contributed by atoms with van der Waals surface area (Å²) in [5.41, 5.74) is 22.6. The number of rotatable bonds is 25. The highest BCUT2D eigenvalue weighted by Gasteiger charge is 2.07. The van der Waals surface area contributed by atoms with Gasteiger partial charge < -0.3 is 32.7 Å². The summed E-state index contributed by atoms with van der Waals surface area (Å²) in [5.74, 6) is 0. The van der Waals surface area contributed by atoms with Crippen LogP contribution in [0.1, 0.15) is 89.9 Å². The summed E-state index contributed by atoms with van der Waals surface area (Å²) in [5, 5.41) is 0. The molecule has 30 heavy (non-hydrogen) atoms. The van der Waals surface area contributed by atoms with E-state index in [1.165, 1.54) is 103 Å². The summed E-state index contributed by atoms with van der Waals surface area (Å²) in [6, 6.07) is 0. The standard InChI is InChI=1S/C24H56N6/c25-15-5-1-9-19-29(20-10-2-6-16-26)23-13-14-24-30(21-11-3-7-17-27)22-12-4-8-18-28/h1-28H2. The summed E-state index contributed by atoms with van der Waals surface area (Å²) in [4.78, 5) is 5.36. The van der Waals surface area contributed by atoms with Crippen molar-refractivity contribution in [2.45, 2.75) is 89.9 Å². The summed E-state index contributed by atoms with van der Waals surface area (Å²) in [7, 11) is 0. The molecule has 0 amide bonds. The fraction of sp³-hybridized carbons (Fsp3) is 1.00. The third-order valence-corrected chi connectivity index (χ3v) is 5.91. The minimum absolute atomic E-state index is 0.822. The fourth-order valence-corrected chi connectivity index (χ4v) is 3.97. The number of unbranched alkanes of at least 4 members (excludes halogenated alkanes) is 9. The number of nitrogens with two attached hydrogens (primary N) is 4. The molecular weight excluding hydrogens is 372 g/mol. The largest absolute Gasteiger partial charge is 0.330 e.